The molecule has 0 atom stereocenters. The second-order valence-electron chi connectivity index (χ2n) is 2.60. The molecule has 70 valence electrons. The molecule has 13 heavy (non-hydrogen) atoms. The maximum atomic E-state index is 13.1. The summed E-state index contributed by atoms with van der Waals surface area (Å²) in [4.78, 5) is 10.3. The Bertz CT molecular complexity index is 298. The Morgan fingerprint density at radius 3 is 2.31 bits per heavy atom. The van der Waals surface area contributed by atoms with Gasteiger partial charge in [0.25, 0.3) is 5.92 Å². The maximum Gasteiger partial charge on any atom is 0.281 e. The van der Waals surface area contributed by atoms with Crippen LogP contribution in [0.1, 0.15) is 12.0 Å². The standard InChI is InChI=1S/C9H7ClF2O/c10-8(13)6-9(11,12)7-4-2-1-3-5-7/h1-5H,6H2. The number of hydrogen-bond acceptors (Lipinski definition) is 1. The van der Waals surface area contributed by atoms with Gasteiger partial charge in [-0.05, 0) is 11.6 Å². The van der Waals surface area contributed by atoms with Gasteiger partial charge in [0.15, 0.2) is 0 Å². The SMILES string of the molecule is O=C(Cl)CC(F)(F)c1ccccc1. The van der Waals surface area contributed by atoms with Crippen molar-refractivity contribution in [1.29, 1.82) is 0 Å². The van der Waals surface area contributed by atoms with Crippen molar-refractivity contribution < 1.29 is 13.6 Å². The van der Waals surface area contributed by atoms with E-state index in [1.807, 2.05) is 0 Å². The molecule has 1 rings (SSSR count). The quantitative estimate of drug-likeness (QED) is 0.692. The monoisotopic (exact) mass is 204 g/mol. The van der Waals surface area contributed by atoms with Gasteiger partial charge in [0.05, 0.1) is 6.42 Å². The van der Waals surface area contributed by atoms with Crippen molar-refractivity contribution in [1.82, 2.24) is 0 Å². The third-order valence-electron chi connectivity index (χ3n) is 1.56. The number of carbonyl (C=O) groups excluding carboxylic acids is 1. The minimum absolute atomic E-state index is 0.191. The molecule has 0 radical (unpaired) electrons. The van der Waals surface area contributed by atoms with Crippen LogP contribution in [0.4, 0.5) is 8.78 Å². The summed E-state index contributed by atoms with van der Waals surface area (Å²) in [7, 11) is 0. The molecule has 0 aliphatic rings. The summed E-state index contributed by atoms with van der Waals surface area (Å²) in [5.74, 6) is -3.17. The van der Waals surface area contributed by atoms with Crippen LogP contribution in [0.15, 0.2) is 30.3 Å². The third-order valence-corrected chi connectivity index (χ3v) is 1.69. The smallest absolute Gasteiger partial charge is 0.281 e. The fourth-order valence-electron chi connectivity index (χ4n) is 0.959. The molecule has 0 saturated carbocycles. The van der Waals surface area contributed by atoms with Crippen LogP contribution in [0.25, 0.3) is 0 Å². The number of hydrogen-bond donors (Lipinski definition) is 0. The van der Waals surface area contributed by atoms with Gasteiger partial charge in [-0.3, -0.25) is 4.79 Å². The lowest BCUT2D eigenvalue weighted by molar-refractivity contribution is -0.119. The predicted molar refractivity (Wildman–Crippen MR) is 45.8 cm³/mol. The van der Waals surface area contributed by atoms with Crippen molar-refractivity contribution in [2.45, 2.75) is 12.3 Å². The minimum Gasteiger partial charge on any atom is -0.281 e. The maximum absolute atomic E-state index is 13.1. The van der Waals surface area contributed by atoms with Crippen LogP contribution < -0.4 is 0 Å². The van der Waals surface area contributed by atoms with E-state index in [0.717, 1.165) is 0 Å². The molecule has 1 aromatic rings. The Labute approximate surface area is 79.3 Å². The summed E-state index contributed by atoms with van der Waals surface area (Å²) in [5, 5.41) is -1.03. The second-order valence-corrected chi connectivity index (χ2v) is 3.02. The third kappa shape index (κ3) is 2.77. The molecule has 0 aliphatic heterocycles. The summed E-state index contributed by atoms with van der Waals surface area (Å²) in [6, 6.07) is 7.13. The second kappa shape index (κ2) is 3.83. The van der Waals surface area contributed by atoms with Gasteiger partial charge < -0.3 is 0 Å². The summed E-state index contributed by atoms with van der Waals surface area (Å²) in [6.45, 7) is 0. The fraction of sp³-hybridized carbons (Fsp3) is 0.222. The lowest BCUT2D eigenvalue weighted by Gasteiger charge is -2.13. The summed E-state index contributed by atoms with van der Waals surface area (Å²) >= 11 is 4.89. The Morgan fingerprint density at radius 1 is 1.31 bits per heavy atom. The van der Waals surface area contributed by atoms with E-state index in [4.69, 9.17) is 11.6 Å². The van der Waals surface area contributed by atoms with E-state index >= 15 is 0 Å². The first-order valence-electron chi connectivity index (χ1n) is 3.64. The molecule has 0 aromatic heterocycles. The Kier molecular flexibility index (Phi) is 2.98. The van der Waals surface area contributed by atoms with Crippen LogP contribution in [-0.2, 0) is 10.7 Å². The average Bonchev–Trinajstić information content (AvgIpc) is 2.04. The molecular formula is C9H7ClF2O. The molecule has 0 aliphatic carbocycles. The van der Waals surface area contributed by atoms with E-state index in [0.29, 0.717) is 0 Å². The Hall–Kier alpha value is -0.960. The molecule has 1 aromatic carbocycles. The van der Waals surface area contributed by atoms with E-state index in [1.54, 1.807) is 6.07 Å². The van der Waals surface area contributed by atoms with Crippen LogP contribution in [0, 0.1) is 0 Å². The van der Waals surface area contributed by atoms with Gasteiger partial charge >= 0.3 is 0 Å². The van der Waals surface area contributed by atoms with E-state index in [9.17, 15) is 13.6 Å². The summed E-state index contributed by atoms with van der Waals surface area (Å²) < 4.78 is 26.2. The molecule has 1 nitrogen and oxygen atoms in total. The van der Waals surface area contributed by atoms with Crippen molar-refractivity contribution in [3.8, 4) is 0 Å². The van der Waals surface area contributed by atoms with E-state index in [1.165, 1.54) is 24.3 Å². The van der Waals surface area contributed by atoms with Gasteiger partial charge in [-0.25, -0.2) is 8.78 Å². The molecule has 0 bridgehead atoms. The highest BCUT2D eigenvalue weighted by atomic mass is 35.5. The predicted octanol–water partition coefficient (Wildman–Crippen LogP) is 2.93. The minimum atomic E-state index is -3.17. The van der Waals surface area contributed by atoms with Gasteiger partial charge in [0, 0.05) is 5.56 Å². The molecule has 0 amide bonds. The number of halogens is 3. The molecule has 0 saturated heterocycles. The van der Waals surface area contributed by atoms with Gasteiger partial charge in [0.1, 0.15) is 0 Å². The van der Waals surface area contributed by atoms with Gasteiger partial charge in [-0.2, -0.15) is 0 Å². The van der Waals surface area contributed by atoms with E-state index in [-0.39, 0.29) is 5.56 Å². The fourth-order valence-corrected chi connectivity index (χ4v) is 1.13. The average molecular weight is 205 g/mol. The first-order chi connectivity index (χ1) is 6.02. The van der Waals surface area contributed by atoms with Gasteiger partial charge in [0.2, 0.25) is 5.24 Å². The Balaban J connectivity index is 2.87. The first-order valence-corrected chi connectivity index (χ1v) is 4.02. The van der Waals surface area contributed by atoms with Crippen LogP contribution in [-0.4, -0.2) is 5.24 Å². The molecule has 0 unspecified atom stereocenters. The lowest BCUT2D eigenvalue weighted by Crippen LogP contribution is -2.15. The van der Waals surface area contributed by atoms with Crippen LogP contribution in [0.3, 0.4) is 0 Å². The van der Waals surface area contributed by atoms with Crippen molar-refractivity contribution in [3.05, 3.63) is 35.9 Å². The normalized spacial score (nSPS) is 11.3. The zero-order valence-electron chi connectivity index (χ0n) is 6.64. The molecule has 0 fully saturated rings. The van der Waals surface area contributed by atoms with Crippen molar-refractivity contribution in [2.75, 3.05) is 0 Å². The number of alkyl halides is 2. The highest BCUT2D eigenvalue weighted by Crippen LogP contribution is 2.31. The van der Waals surface area contributed by atoms with Crippen LogP contribution in [0.5, 0.6) is 0 Å². The zero-order chi connectivity index (χ0) is 9.90. The molecule has 4 heteroatoms. The van der Waals surface area contributed by atoms with Crippen LogP contribution >= 0.6 is 11.6 Å². The van der Waals surface area contributed by atoms with Crippen molar-refractivity contribution in [3.63, 3.8) is 0 Å². The van der Waals surface area contributed by atoms with E-state index < -0.39 is 17.6 Å². The van der Waals surface area contributed by atoms with Crippen LogP contribution in [0.2, 0.25) is 0 Å². The molecule has 0 spiro atoms. The topological polar surface area (TPSA) is 17.1 Å². The summed E-state index contributed by atoms with van der Waals surface area (Å²) in [5.41, 5.74) is -0.191. The largest absolute Gasteiger partial charge is 0.281 e. The lowest BCUT2D eigenvalue weighted by atomic mass is 10.1. The van der Waals surface area contributed by atoms with Gasteiger partial charge in [-0.1, -0.05) is 30.3 Å². The Morgan fingerprint density at radius 2 is 1.85 bits per heavy atom. The highest BCUT2D eigenvalue weighted by molar-refractivity contribution is 6.63. The molecule has 0 heterocycles. The summed E-state index contributed by atoms with van der Waals surface area (Å²) in [6.07, 6.45) is -0.960. The molecule has 0 N–H and O–H groups in total. The number of carbonyl (C=O) groups is 1. The first kappa shape index (κ1) is 10.1. The molecular weight excluding hydrogens is 198 g/mol. The van der Waals surface area contributed by atoms with Crippen molar-refractivity contribution in [2.24, 2.45) is 0 Å². The highest BCUT2D eigenvalue weighted by Gasteiger charge is 2.33. The van der Waals surface area contributed by atoms with E-state index in [2.05, 4.69) is 0 Å². The number of rotatable bonds is 3. The van der Waals surface area contributed by atoms with Gasteiger partial charge in [-0.15, -0.1) is 0 Å². The van der Waals surface area contributed by atoms with Crippen molar-refractivity contribution >= 4 is 16.8 Å². The number of benzene rings is 1. The zero-order valence-corrected chi connectivity index (χ0v) is 7.39.